The van der Waals surface area contributed by atoms with Gasteiger partial charge in [0.25, 0.3) is 5.91 Å². The maximum Gasteiger partial charge on any atom is 0.253 e. The van der Waals surface area contributed by atoms with Gasteiger partial charge in [-0.25, -0.2) is 0 Å². The van der Waals surface area contributed by atoms with Crippen LogP contribution in [0.4, 0.5) is 0 Å². The fourth-order valence-electron chi connectivity index (χ4n) is 3.68. The van der Waals surface area contributed by atoms with Gasteiger partial charge in [-0.2, -0.15) is 0 Å². The molecule has 1 aliphatic rings. The second kappa shape index (κ2) is 8.38. The van der Waals surface area contributed by atoms with E-state index < -0.39 is 0 Å². The zero-order chi connectivity index (χ0) is 19.4. The van der Waals surface area contributed by atoms with Gasteiger partial charge in [-0.15, -0.1) is 0 Å². The van der Waals surface area contributed by atoms with Crippen molar-refractivity contribution in [1.82, 2.24) is 9.80 Å². The molecule has 27 heavy (non-hydrogen) atoms. The molecule has 1 heterocycles. The maximum absolute atomic E-state index is 13.1. The number of nitrogens with zero attached hydrogens (tertiary/aromatic N) is 2. The highest BCUT2D eigenvalue weighted by Crippen LogP contribution is 2.27. The molecule has 142 valence electrons. The lowest BCUT2D eigenvalue weighted by molar-refractivity contribution is -0.135. The minimum Gasteiger partial charge on any atom is -0.339 e. The SMILES string of the molecule is Cc1ccc(C(=O)N2CCN(C(=O)C(c3ccccc3)C(C)C)CC2)cc1. The molecular formula is C23H28N2O2. The third-order valence-electron chi connectivity index (χ3n) is 5.27. The molecule has 0 aromatic heterocycles. The zero-order valence-electron chi connectivity index (χ0n) is 16.4. The molecule has 2 aromatic rings. The molecule has 0 bridgehead atoms. The second-order valence-corrected chi connectivity index (χ2v) is 7.62. The van der Waals surface area contributed by atoms with Crippen molar-refractivity contribution in [2.45, 2.75) is 26.7 Å². The first-order valence-electron chi connectivity index (χ1n) is 9.67. The normalized spacial score (nSPS) is 15.7. The predicted molar refractivity (Wildman–Crippen MR) is 108 cm³/mol. The zero-order valence-corrected chi connectivity index (χ0v) is 16.4. The number of aryl methyl sites for hydroxylation is 1. The minimum atomic E-state index is -0.134. The van der Waals surface area contributed by atoms with Crippen LogP contribution >= 0.6 is 0 Å². The summed E-state index contributed by atoms with van der Waals surface area (Å²) in [6.07, 6.45) is 0. The predicted octanol–water partition coefficient (Wildman–Crippen LogP) is 3.72. The Bertz CT molecular complexity index is 776. The lowest BCUT2D eigenvalue weighted by Gasteiger charge is -2.37. The highest BCUT2D eigenvalue weighted by molar-refractivity contribution is 5.94. The first-order chi connectivity index (χ1) is 13.0. The van der Waals surface area contributed by atoms with E-state index in [1.807, 2.05) is 71.3 Å². The van der Waals surface area contributed by atoms with E-state index >= 15 is 0 Å². The fraction of sp³-hybridized carbons (Fsp3) is 0.391. The molecule has 0 aliphatic carbocycles. The Morgan fingerprint density at radius 1 is 0.815 bits per heavy atom. The van der Waals surface area contributed by atoms with Crippen LogP contribution < -0.4 is 0 Å². The Morgan fingerprint density at radius 2 is 1.37 bits per heavy atom. The smallest absolute Gasteiger partial charge is 0.253 e. The average molecular weight is 364 g/mol. The molecule has 4 heteroatoms. The number of carbonyl (C=O) groups is 2. The Labute approximate surface area is 161 Å². The summed E-state index contributed by atoms with van der Waals surface area (Å²) >= 11 is 0. The fourth-order valence-corrected chi connectivity index (χ4v) is 3.68. The largest absolute Gasteiger partial charge is 0.339 e. The van der Waals surface area contributed by atoms with Crippen LogP contribution in [0.15, 0.2) is 54.6 Å². The molecule has 4 nitrogen and oxygen atoms in total. The highest BCUT2D eigenvalue weighted by atomic mass is 16.2. The summed E-state index contributed by atoms with van der Waals surface area (Å²) in [6, 6.07) is 17.7. The van der Waals surface area contributed by atoms with Crippen molar-refractivity contribution in [2.24, 2.45) is 5.92 Å². The lowest BCUT2D eigenvalue weighted by Crippen LogP contribution is -2.52. The second-order valence-electron chi connectivity index (χ2n) is 7.62. The van der Waals surface area contributed by atoms with Gasteiger partial charge in [0.1, 0.15) is 0 Å². The molecule has 1 unspecified atom stereocenters. The van der Waals surface area contributed by atoms with Crippen molar-refractivity contribution < 1.29 is 9.59 Å². The van der Waals surface area contributed by atoms with E-state index in [4.69, 9.17) is 0 Å². The van der Waals surface area contributed by atoms with E-state index in [1.54, 1.807) is 0 Å². The number of hydrogen-bond acceptors (Lipinski definition) is 2. The van der Waals surface area contributed by atoms with Gasteiger partial charge >= 0.3 is 0 Å². The van der Waals surface area contributed by atoms with Crippen LogP contribution in [0.25, 0.3) is 0 Å². The first-order valence-corrected chi connectivity index (χ1v) is 9.67. The van der Waals surface area contributed by atoms with Gasteiger partial charge in [0.2, 0.25) is 5.91 Å². The van der Waals surface area contributed by atoms with Crippen molar-refractivity contribution in [2.75, 3.05) is 26.2 Å². The van der Waals surface area contributed by atoms with Gasteiger partial charge in [-0.05, 0) is 30.5 Å². The summed E-state index contributed by atoms with van der Waals surface area (Å²) < 4.78 is 0. The van der Waals surface area contributed by atoms with E-state index in [1.165, 1.54) is 0 Å². The Balaban J connectivity index is 1.65. The van der Waals surface area contributed by atoms with E-state index in [2.05, 4.69) is 13.8 Å². The topological polar surface area (TPSA) is 40.6 Å². The molecule has 2 aromatic carbocycles. The Hall–Kier alpha value is -2.62. The van der Waals surface area contributed by atoms with Gasteiger partial charge in [0.15, 0.2) is 0 Å². The van der Waals surface area contributed by atoms with Crippen LogP contribution in [0.2, 0.25) is 0 Å². The standard InChI is InChI=1S/C23H28N2O2/c1-17(2)21(19-7-5-4-6-8-19)23(27)25-15-13-24(14-16-25)22(26)20-11-9-18(3)10-12-20/h4-12,17,21H,13-16H2,1-3H3. The molecular weight excluding hydrogens is 336 g/mol. The molecule has 0 N–H and O–H groups in total. The minimum absolute atomic E-state index is 0.0468. The first kappa shape index (κ1) is 19.2. The van der Waals surface area contributed by atoms with E-state index in [9.17, 15) is 9.59 Å². The van der Waals surface area contributed by atoms with Crippen molar-refractivity contribution in [3.05, 3.63) is 71.3 Å². The molecule has 1 saturated heterocycles. The molecule has 3 rings (SSSR count). The molecule has 0 radical (unpaired) electrons. The van der Waals surface area contributed by atoms with Crippen LogP contribution in [0.1, 0.15) is 41.3 Å². The van der Waals surface area contributed by atoms with E-state index in [0.717, 1.165) is 11.1 Å². The number of benzene rings is 2. The van der Waals surface area contributed by atoms with Gasteiger partial charge in [-0.3, -0.25) is 9.59 Å². The number of hydrogen-bond donors (Lipinski definition) is 0. The molecule has 1 fully saturated rings. The van der Waals surface area contributed by atoms with Gasteiger partial charge in [-0.1, -0.05) is 61.9 Å². The Morgan fingerprint density at radius 3 is 1.93 bits per heavy atom. The van der Waals surface area contributed by atoms with Crippen molar-refractivity contribution in [3.63, 3.8) is 0 Å². The summed E-state index contributed by atoms with van der Waals surface area (Å²) in [5, 5.41) is 0. The van der Waals surface area contributed by atoms with E-state index in [-0.39, 0.29) is 23.7 Å². The number of carbonyl (C=O) groups excluding carboxylic acids is 2. The molecule has 0 spiro atoms. The number of amides is 2. The maximum atomic E-state index is 13.1. The van der Waals surface area contributed by atoms with Crippen molar-refractivity contribution in [1.29, 1.82) is 0 Å². The lowest BCUT2D eigenvalue weighted by atomic mass is 9.87. The summed E-state index contributed by atoms with van der Waals surface area (Å²) in [5.74, 6) is 0.307. The van der Waals surface area contributed by atoms with Gasteiger partial charge in [0.05, 0.1) is 5.92 Å². The van der Waals surface area contributed by atoms with Gasteiger partial charge < -0.3 is 9.80 Å². The van der Waals surface area contributed by atoms with Crippen LogP contribution in [0, 0.1) is 12.8 Å². The van der Waals surface area contributed by atoms with Crippen molar-refractivity contribution in [3.8, 4) is 0 Å². The summed E-state index contributed by atoms with van der Waals surface area (Å²) in [4.78, 5) is 29.6. The monoisotopic (exact) mass is 364 g/mol. The molecule has 2 amide bonds. The third kappa shape index (κ3) is 4.38. The Kier molecular flexibility index (Phi) is 5.94. The summed E-state index contributed by atoms with van der Waals surface area (Å²) in [6.45, 7) is 8.53. The van der Waals surface area contributed by atoms with Crippen LogP contribution in [-0.4, -0.2) is 47.8 Å². The molecule has 1 atom stereocenters. The van der Waals surface area contributed by atoms with E-state index in [0.29, 0.717) is 31.7 Å². The third-order valence-corrected chi connectivity index (χ3v) is 5.27. The summed E-state index contributed by atoms with van der Waals surface area (Å²) in [5.41, 5.74) is 2.92. The summed E-state index contributed by atoms with van der Waals surface area (Å²) in [7, 11) is 0. The quantitative estimate of drug-likeness (QED) is 0.830. The average Bonchev–Trinajstić information content (AvgIpc) is 2.69. The van der Waals surface area contributed by atoms with Crippen LogP contribution in [-0.2, 0) is 4.79 Å². The molecule has 0 saturated carbocycles. The van der Waals surface area contributed by atoms with Crippen molar-refractivity contribution >= 4 is 11.8 Å². The van der Waals surface area contributed by atoms with Crippen LogP contribution in [0.3, 0.4) is 0 Å². The van der Waals surface area contributed by atoms with Gasteiger partial charge in [0, 0.05) is 31.7 Å². The highest BCUT2D eigenvalue weighted by Gasteiger charge is 2.31. The number of piperazine rings is 1. The van der Waals surface area contributed by atoms with Crippen LogP contribution in [0.5, 0.6) is 0 Å². The molecule has 1 aliphatic heterocycles. The number of rotatable bonds is 4.